The number of aromatic nitrogens is 2. The van der Waals surface area contributed by atoms with Gasteiger partial charge in [-0.1, -0.05) is 13.8 Å². The van der Waals surface area contributed by atoms with Gasteiger partial charge in [-0.3, -0.25) is 10.1 Å². The van der Waals surface area contributed by atoms with Gasteiger partial charge in [-0.05, 0) is 12.8 Å². The summed E-state index contributed by atoms with van der Waals surface area (Å²) in [7, 11) is 1.74. The molecule has 1 N–H and O–H groups in total. The number of ether oxygens (including phenoxy) is 1. The maximum Gasteiger partial charge on any atom is 0.334 e. The van der Waals surface area contributed by atoms with E-state index in [-0.39, 0.29) is 22.6 Å². The summed E-state index contributed by atoms with van der Waals surface area (Å²) >= 11 is 0. The number of anilines is 1. The van der Waals surface area contributed by atoms with E-state index in [1.165, 1.54) is 0 Å². The van der Waals surface area contributed by atoms with E-state index in [1.54, 1.807) is 11.7 Å². The Kier molecular flexibility index (Phi) is 4.04. The minimum atomic E-state index is -0.343. The number of hydrogen-bond acceptors (Lipinski definition) is 5. The van der Waals surface area contributed by atoms with E-state index in [1.807, 2.05) is 13.8 Å². The molecule has 2 rings (SSSR count). The predicted octanol–water partition coefficient (Wildman–Crippen LogP) is 2.04. The molecule has 1 saturated heterocycles. The van der Waals surface area contributed by atoms with Gasteiger partial charge in [0.1, 0.15) is 5.69 Å². The molecular weight excluding hydrogens is 248 g/mol. The van der Waals surface area contributed by atoms with Gasteiger partial charge in [0.15, 0.2) is 0 Å². The van der Waals surface area contributed by atoms with Gasteiger partial charge in [0.2, 0.25) is 5.82 Å². The van der Waals surface area contributed by atoms with Gasteiger partial charge in [0.25, 0.3) is 0 Å². The summed E-state index contributed by atoms with van der Waals surface area (Å²) in [4.78, 5) is 10.9. The monoisotopic (exact) mass is 268 g/mol. The Hall–Kier alpha value is -1.63. The number of rotatable bonds is 4. The second kappa shape index (κ2) is 5.56. The molecule has 0 atom stereocenters. The highest BCUT2D eigenvalue weighted by Crippen LogP contribution is 2.33. The number of hydrogen-bond donors (Lipinski definition) is 1. The summed E-state index contributed by atoms with van der Waals surface area (Å²) in [5.74, 6) is 0.525. The van der Waals surface area contributed by atoms with Crippen LogP contribution in [0.1, 0.15) is 38.3 Å². The molecule has 0 radical (unpaired) electrons. The van der Waals surface area contributed by atoms with Crippen LogP contribution in [-0.4, -0.2) is 34.0 Å². The van der Waals surface area contributed by atoms with Crippen LogP contribution in [0.4, 0.5) is 11.5 Å². The minimum Gasteiger partial charge on any atom is -0.381 e. The fraction of sp³-hybridized carbons (Fsp3) is 0.750. The van der Waals surface area contributed by atoms with Crippen molar-refractivity contribution in [3.05, 3.63) is 15.8 Å². The quantitative estimate of drug-likeness (QED) is 0.667. The lowest BCUT2D eigenvalue weighted by Crippen LogP contribution is -2.29. The van der Waals surface area contributed by atoms with E-state index in [4.69, 9.17) is 4.74 Å². The molecule has 0 unspecified atom stereocenters. The first-order valence-corrected chi connectivity index (χ1v) is 6.56. The largest absolute Gasteiger partial charge is 0.381 e. The fourth-order valence-electron chi connectivity index (χ4n) is 2.30. The van der Waals surface area contributed by atoms with Crippen molar-refractivity contribution in [1.82, 2.24) is 9.78 Å². The van der Waals surface area contributed by atoms with Crippen molar-refractivity contribution in [2.45, 2.75) is 38.6 Å². The highest BCUT2D eigenvalue weighted by atomic mass is 16.6. The van der Waals surface area contributed by atoms with Crippen molar-refractivity contribution in [2.75, 3.05) is 18.5 Å². The van der Waals surface area contributed by atoms with Crippen LogP contribution in [0.25, 0.3) is 0 Å². The molecule has 1 aliphatic heterocycles. The van der Waals surface area contributed by atoms with Crippen LogP contribution in [-0.2, 0) is 11.8 Å². The SMILES string of the molecule is CC(C)c1nn(C)c(NC2CCOCC2)c1[N+](=O)[O-]. The van der Waals surface area contributed by atoms with E-state index in [9.17, 15) is 10.1 Å². The normalized spacial score (nSPS) is 16.8. The number of nitrogens with zero attached hydrogens (tertiary/aromatic N) is 3. The Bertz CT molecular complexity index is 464. The number of nitrogens with one attached hydrogen (secondary N) is 1. The maximum atomic E-state index is 11.3. The van der Waals surface area contributed by atoms with E-state index in [0.29, 0.717) is 24.7 Å². The van der Waals surface area contributed by atoms with Crippen LogP contribution in [0.15, 0.2) is 0 Å². The van der Waals surface area contributed by atoms with E-state index >= 15 is 0 Å². The van der Waals surface area contributed by atoms with E-state index in [0.717, 1.165) is 12.8 Å². The van der Waals surface area contributed by atoms with Crippen LogP contribution in [0.3, 0.4) is 0 Å². The highest BCUT2D eigenvalue weighted by Gasteiger charge is 2.30. The fourth-order valence-corrected chi connectivity index (χ4v) is 2.30. The van der Waals surface area contributed by atoms with Gasteiger partial charge in [0, 0.05) is 32.2 Å². The summed E-state index contributed by atoms with van der Waals surface area (Å²) in [6.45, 7) is 5.21. The zero-order valence-electron chi connectivity index (χ0n) is 11.5. The van der Waals surface area contributed by atoms with Crippen molar-refractivity contribution in [2.24, 2.45) is 7.05 Å². The molecule has 0 bridgehead atoms. The van der Waals surface area contributed by atoms with Crippen LogP contribution >= 0.6 is 0 Å². The predicted molar refractivity (Wildman–Crippen MR) is 71.4 cm³/mol. The molecule has 1 fully saturated rings. The van der Waals surface area contributed by atoms with Crippen molar-refractivity contribution < 1.29 is 9.66 Å². The second-order valence-corrected chi connectivity index (χ2v) is 5.15. The van der Waals surface area contributed by atoms with Crippen molar-refractivity contribution >= 4 is 11.5 Å². The topological polar surface area (TPSA) is 82.2 Å². The van der Waals surface area contributed by atoms with Gasteiger partial charge in [-0.2, -0.15) is 5.10 Å². The molecule has 0 spiro atoms. The van der Waals surface area contributed by atoms with E-state index in [2.05, 4.69) is 10.4 Å². The highest BCUT2D eigenvalue weighted by molar-refractivity contribution is 5.61. The first-order chi connectivity index (χ1) is 9.00. The zero-order chi connectivity index (χ0) is 14.0. The molecule has 0 amide bonds. The molecule has 1 aliphatic rings. The van der Waals surface area contributed by atoms with Crippen molar-refractivity contribution in [3.8, 4) is 0 Å². The lowest BCUT2D eigenvalue weighted by atomic mass is 10.1. The molecule has 7 nitrogen and oxygen atoms in total. The molecular formula is C12H20N4O3. The van der Waals surface area contributed by atoms with Crippen LogP contribution in [0.5, 0.6) is 0 Å². The smallest absolute Gasteiger partial charge is 0.334 e. The molecule has 1 aromatic heterocycles. The number of nitro groups is 1. The second-order valence-electron chi connectivity index (χ2n) is 5.15. The molecule has 0 aliphatic carbocycles. The van der Waals surface area contributed by atoms with Gasteiger partial charge in [-0.25, -0.2) is 4.68 Å². The average Bonchev–Trinajstić information content (AvgIpc) is 2.68. The Balaban J connectivity index is 2.30. The molecule has 106 valence electrons. The lowest BCUT2D eigenvalue weighted by Gasteiger charge is -2.23. The Morgan fingerprint density at radius 1 is 1.47 bits per heavy atom. The Morgan fingerprint density at radius 2 is 2.11 bits per heavy atom. The first-order valence-electron chi connectivity index (χ1n) is 6.56. The van der Waals surface area contributed by atoms with Crippen LogP contribution < -0.4 is 5.32 Å². The summed E-state index contributed by atoms with van der Waals surface area (Å²) in [5, 5.41) is 18.8. The molecule has 19 heavy (non-hydrogen) atoms. The molecule has 7 heteroatoms. The summed E-state index contributed by atoms with van der Waals surface area (Å²) in [6.07, 6.45) is 1.72. The summed E-state index contributed by atoms with van der Waals surface area (Å²) < 4.78 is 6.86. The van der Waals surface area contributed by atoms with Gasteiger partial charge >= 0.3 is 5.69 Å². The maximum absolute atomic E-state index is 11.3. The average molecular weight is 268 g/mol. The Morgan fingerprint density at radius 3 is 2.63 bits per heavy atom. The van der Waals surface area contributed by atoms with Crippen molar-refractivity contribution in [3.63, 3.8) is 0 Å². The standard InChI is InChI=1S/C12H20N4O3/c1-8(2)10-11(16(17)18)12(15(3)14-10)13-9-4-6-19-7-5-9/h8-9,13H,4-7H2,1-3H3. The zero-order valence-corrected chi connectivity index (χ0v) is 11.5. The summed E-state index contributed by atoms with van der Waals surface area (Å²) in [6, 6.07) is 0.211. The third-order valence-electron chi connectivity index (χ3n) is 3.34. The van der Waals surface area contributed by atoms with Crippen LogP contribution in [0.2, 0.25) is 0 Å². The molecule has 2 heterocycles. The van der Waals surface area contributed by atoms with Gasteiger partial charge in [0.05, 0.1) is 4.92 Å². The van der Waals surface area contributed by atoms with Gasteiger partial charge < -0.3 is 10.1 Å². The molecule has 0 aromatic carbocycles. The number of aryl methyl sites for hydroxylation is 1. The summed E-state index contributed by atoms with van der Waals surface area (Å²) in [5.41, 5.74) is 0.631. The molecule has 1 aromatic rings. The first kappa shape index (κ1) is 13.8. The van der Waals surface area contributed by atoms with E-state index < -0.39 is 0 Å². The third-order valence-corrected chi connectivity index (χ3v) is 3.34. The molecule has 0 saturated carbocycles. The van der Waals surface area contributed by atoms with Crippen LogP contribution in [0, 0.1) is 10.1 Å². The third kappa shape index (κ3) is 2.86. The van der Waals surface area contributed by atoms with Crippen molar-refractivity contribution in [1.29, 1.82) is 0 Å². The lowest BCUT2D eigenvalue weighted by molar-refractivity contribution is -0.384. The van der Waals surface area contributed by atoms with Gasteiger partial charge in [-0.15, -0.1) is 0 Å². The minimum absolute atomic E-state index is 0.0249. The Labute approximate surface area is 112 Å².